The van der Waals surface area contributed by atoms with Crippen molar-refractivity contribution in [3.05, 3.63) is 193 Å². The first-order valence-electron chi connectivity index (χ1n) is 29.0. The third kappa shape index (κ3) is 21.0. The number of hydrogen-bond donors (Lipinski definition) is 4. The van der Waals surface area contributed by atoms with Gasteiger partial charge in [0.2, 0.25) is 5.96 Å². The largest absolute Gasteiger partial charge is 0.476 e. The van der Waals surface area contributed by atoms with E-state index in [0.29, 0.717) is 35.3 Å². The van der Waals surface area contributed by atoms with Gasteiger partial charge in [0.1, 0.15) is 29.0 Å². The lowest BCUT2D eigenvalue weighted by Crippen LogP contribution is -2.43. The number of benzene rings is 4. The Bertz CT molecular complexity index is 3450. The summed E-state index contributed by atoms with van der Waals surface area (Å²) in [6, 6.07) is 32.7. The molecular weight excluding hydrogens is 1110 g/mol. The lowest BCUT2D eigenvalue weighted by molar-refractivity contribution is 0.0687. The number of nitriles is 1. The summed E-state index contributed by atoms with van der Waals surface area (Å²) in [6.45, 7) is 7.12. The summed E-state index contributed by atoms with van der Waals surface area (Å²) in [4.78, 5) is 42.6. The zero-order chi connectivity index (χ0) is 61.4. The van der Waals surface area contributed by atoms with Crippen molar-refractivity contribution >= 4 is 17.9 Å². The molecule has 0 bridgehead atoms. The van der Waals surface area contributed by atoms with Crippen LogP contribution in [0.2, 0.25) is 0 Å². The number of aryl methyl sites for hydroxylation is 2. The maximum Gasteiger partial charge on any atom is 0.356 e. The average Bonchev–Trinajstić information content (AvgIpc) is 3.72. The second-order valence-electron chi connectivity index (χ2n) is 21.9. The molecule has 0 aliphatic carbocycles. The zero-order valence-electron chi connectivity index (χ0n) is 48.5. The van der Waals surface area contributed by atoms with Gasteiger partial charge in [0.25, 0.3) is 23.0 Å². The quantitative estimate of drug-likeness (QED) is 0.0236. The highest BCUT2D eigenvalue weighted by Crippen LogP contribution is 2.27. The Morgan fingerprint density at radius 1 is 0.628 bits per heavy atom. The number of likely N-dealkylation sites (tertiary alicyclic amines) is 2. The van der Waals surface area contributed by atoms with Crippen LogP contribution < -0.4 is 27.1 Å². The van der Waals surface area contributed by atoms with Crippen LogP contribution in [0.15, 0.2) is 141 Å². The summed E-state index contributed by atoms with van der Waals surface area (Å²) in [5.41, 5.74) is 9.64. The summed E-state index contributed by atoms with van der Waals surface area (Å²) >= 11 is 0. The smallest absolute Gasteiger partial charge is 0.356 e. The molecule has 4 aromatic carbocycles. The van der Waals surface area contributed by atoms with Crippen LogP contribution in [0.1, 0.15) is 84.1 Å². The van der Waals surface area contributed by atoms with Gasteiger partial charge < -0.3 is 40.6 Å². The molecule has 0 atom stereocenters. The van der Waals surface area contributed by atoms with Gasteiger partial charge in [-0.2, -0.15) is 20.4 Å². The van der Waals surface area contributed by atoms with Gasteiger partial charge in [-0.3, -0.25) is 9.59 Å². The average molecular weight is 1190 g/mol. The molecule has 0 unspecified atom stereocenters. The number of halogens is 4. The summed E-state index contributed by atoms with van der Waals surface area (Å²) in [7, 11) is 2.97. The van der Waals surface area contributed by atoms with Crippen LogP contribution in [-0.2, 0) is 39.8 Å². The van der Waals surface area contributed by atoms with Crippen LogP contribution in [-0.4, -0.2) is 114 Å². The van der Waals surface area contributed by atoms with E-state index in [1.165, 1.54) is 61.0 Å². The summed E-state index contributed by atoms with van der Waals surface area (Å²) in [5, 5.41) is 43.7. The SMILES string of the molecule is Cn1nc(-c2nc(N3CCC(Cc4cccc(F)c4)CC3)no2)ccc1=O.Cn1nc(C(=O)O)ccc1=O.Fc1cccc(CC2CCNCC2)c1.N#CN1CCC(Cc2cccc(F)c2)CC1.NC(=NO)N1CCC(Cc2cccc(F)c2)CC1. The van der Waals surface area contributed by atoms with Gasteiger partial charge in [0, 0.05) is 65.5 Å². The topological polar surface area (TPSA) is 250 Å². The Hall–Kier alpha value is -8.91. The molecule has 7 aromatic rings. The van der Waals surface area contributed by atoms with Crippen LogP contribution in [0.5, 0.6) is 0 Å². The number of carboxylic acids is 1. The maximum absolute atomic E-state index is 13.3. The van der Waals surface area contributed by atoms with Crippen molar-refractivity contribution in [2.24, 2.45) is 48.7 Å². The highest BCUT2D eigenvalue weighted by molar-refractivity contribution is 5.84. The van der Waals surface area contributed by atoms with Gasteiger partial charge in [-0.05, 0) is 202 Å². The van der Waals surface area contributed by atoms with E-state index in [9.17, 15) is 31.9 Å². The predicted molar refractivity (Wildman–Crippen MR) is 318 cm³/mol. The fourth-order valence-corrected chi connectivity index (χ4v) is 10.8. The number of rotatable bonds is 11. The van der Waals surface area contributed by atoms with E-state index in [1.54, 1.807) is 66.5 Å². The zero-order valence-corrected chi connectivity index (χ0v) is 48.5. The summed E-state index contributed by atoms with van der Waals surface area (Å²) in [6.07, 6.45) is 14.3. The number of guanidine groups is 1. The van der Waals surface area contributed by atoms with E-state index < -0.39 is 5.97 Å². The van der Waals surface area contributed by atoms with Crippen LogP contribution >= 0.6 is 0 Å². The van der Waals surface area contributed by atoms with Crippen molar-refractivity contribution in [1.82, 2.24) is 44.8 Å². The minimum absolute atomic E-state index is 0.114. The van der Waals surface area contributed by atoms with E-state index in [0.717, 1.165) is 155 Å². The molecule has 4 fully saturated rings. The number of oxime groups is 1. The standard InChI is InChI=1S/C19H20FN5O2.C13H18FN3O.C13H15FN2.C12H16FN.C6H6N2O3/c1-24-17(26)6-5-16(22-24)18-21-19(23-27-18)25-9-7-13(8-10-25)11-14-3-2-4-15(20)12-14;14-12-3-1-2-11(9-12)8-10-4-6-17(7-5-10)13(15)16-18;14-13-3-1-2-12(9-13)8-11-4-6-16(10-15)7-5-11;13-12-3-1-2-11(9-12)8-10-4-6-14-7-5-10;1-8-5(9)3-2-4(7-8)6(10)11/h2-6,12-13H,7-11H2,1H3;1-3,9-10,18H,4-8H2,(H2,15,16);1-3,9,11H,4-8H2;1-3,9-10,14H,4-8H2;2-3H,1H3,(H,10,11). The monoisotopic (exact) mass is 1190 g/mol. The minimum atomic E-state index is -1.14. The fraction of sp³-hybridized carbons (Fsp3) is 0.413. The summed E-state index contributed by atoms with van der Waals surface area (Å²) in [5.74, 6) is 1.60. The number of anilines is 1. The van der Waals surface area contributed by atoms with Gasteiger partial charge in [0.15, 0.2) is 11.9 Å². The number of piperidine rings is 4. The molecule has 4 aliphatic heterocycles. The van der Waals surface area contributed by atoms with E-state index in [-0.39, 0.29) is 46.0 Å². The number of nitrogens with zero attached hydrogens (tertiary/aromatic N) is 11. The van der Waals surface area contributed by atoms with E-state index in [4.69, 9.17) is 25.8 Å². The third-order valence-electron chi connectivity index (χ3n) is 15.6. The molecule has 4 aliphatic rings. The third-order valence-corrected chi connectivity index (χ3v) is 15.6. The number of carbonyl (C=O) groups is 1. The Morgan fingerprint density at radius 3 is 1.45 bits per heavy atom. The lowest BCUT2D eigenvalue weighted by atomic mass is 9.90. The predicted octanol–water partition coefficient (Wildman–Crippen LogP) is 8.62. The summed E-state index contributed by atoms with van der Waals surface area (Å²) < 4.78 is 59.8. The molecule has 456 valence electrons. The van der Waals surface area contributed by atoms with Crippen molar-refractivity contribution in [2.75, 3.05) is 57.3 Å². The first kappa shape index (κ1) is 64.6. The van der Waals surface area contributed by atoms with Crippen LogP contribution in [0.25, 0.3) is 11.6 Å². The number of carboxylic acid groups (broad SMARTS) is 1. The molecule has 4 saturated heterocycles. The molecule has 5 N–H and O–H groups in total. The molecule has 0 spiro atoms. The highest BCUT2D eigenvalue weighted by atomic mass is 19.1. The molecular formula is C63H75F4N13O6. The Labute approximate surface area is 497 Å². The van der Waals surface area contributed by atoms with Gasteiger partial charge >= 0.3 is 5.97 Å². The fourth-order valence-electron chi connectivity index (χ4n) is 10.8. The van der Waals surface area contributed by atoms with Crippen molar-refractivity contribution in [3.8, 4) is 17.8 Å². The van der Waals surface area contributed by atoms with Gasteiger partial charge in [-0.25, -0.2) is 31.7 Å². The van der Waals surface area contributed by atoms with E-state index in [1.807, 2.05) is 29.2 Å². The first-order valence-corrected chi connectivity index (χ1v) is 29.0. The van der Waals surface area contributed by atoms with Crippen LogP contribution in [0, 0.1) is 58.4 Å². The van der Waals surface area contributed by atoms with Gasteiger partial charge in [-0.15, -0.1) is 0 Å². The molecule has 3 aromatic heterocycles. The minimum Gasteiger partial charge on any atom is -0.476 e. The Morgan fingerprint density at radius 2 is 1.05 bits per heavy atom. The molecule has 0 saturated carbocycles. The second-order valence-corrected chi connectivity index (χ2v) is 21.9. The molecule has 11 rings (SSSR count). The number of nitrogens with two attached hydrogens (primary N) is 1. The van der Waals surface area contributed by atoms with Crippen molar-refractivity contribution in [3.63, 3.8) is 0 Å². The molecule has 7 heterocycles. The molecule has 23 heteroatoms. The van der Waals surface area contributed by atoms with E-state index >= 15 is 0 Å². The van der Waals surface area contributed by atoms with Crippen molar-refractivity contribution in [2.45, 2.75) is 77.0 Å². The van der Waals surface area contributed by atoms with Crippen LogP contribution in [0.3, 0.4) is 0 Å². The van der Waals surface area contributed by atoms with E-state index in [2.05, 4.69) is 41.9 Å². The molecule has 19 nitrogen and oxygen atoms in total. The first-order chi connectivity index (χ1) is 41.5. The number of nitrogens with one attached hydrogen (secondary N) is 1. The van der Waals surface area contributed by atoms with Gasteiger partial charge in [0.05, 0.1) is 0 Å². The Kier molecular flexibility index (Phi) is 24.8. The maximum atomic E-state index is 13.3. The molecule has 0 amide bonds. The number of aromatic carboxylic acids is 1. The normalized spacial score (nSPS) is 16.0. The second kappa shape index (κ2) is 33.0. The van der Waals surface area contributed by atoms with Crippen molar-refractivity contribution in [1.29, 1.82) is 5.26 Å². The van der Waals surface area contributed by atoms with Crippen molar-refractivity contribution < 1.29 is 37.2 Å². The van der Waals surface area contributed by atoms with Crippen LogP contribution in [0.4, 0.5) is 23.5 Å². The lowest BCUT2D eigenvalue weighted by Gasteiger charge is -2.32. The molecule has 0 radical (unpaired) electrons. The molecule has 86 heavy (non-hydrogen) atoms. The Balaban J connectivity index is 0.000000159. The number of aromatic nitrogens is 6. The highest BCUT2D eigenvalue weighted by Gasteiger charge is 2.25. The van der Waals surface area contributed by atoms with Gasteiger partial charge in [-0.1, -0.05) is 53.7 Å². The number of hydrogen-bond acceptors (Lipinski definition) is 14.